The second kappa shape index (κ2) is 8.95. The first-order chi connectivity index (χ1) is 16.4. The van der Waals surface area contributed by atoms with Crippen LogP contribution in [0.5, 0.6) is 0 Å². The molecule has 6 nitrogen and oxygen atoms in total. The van der Waals surface area contributed by atoms with E-state index in [1.807, 2.05) is 72.6 Å². The van der Waals surface area contributed by atoms with Crippen molar-refractivity contribution < 1.29 is 14.3 Å². The van der Waals surface area contributed by atoms with Gasteiger partial charge in [0.05, 0.1) is 19.3 Å². The van der Waals surface area contributed by atoms with Crippen LogP contribution in [0.1, 0.15) is 26.3 Å². The molecule has 0 spiro atoms. The minimum atomic E-state index is -0.0842. The van der Waals surface area contributed by atoms with Crippen molar-refractivity contribution in [3.8, 4) is 0 Å². The Bertz CT molecular complexity index is 1380. The number of amides is 2. The highest BCUT2D eigenvalue weighted by Gasteiger charge is 2.30. The molecule has 1 saturated heterocycles. The number of ether oxygens (including phenoxy) is 1. The van der Waals surface area contributed by atoms with Crippen molar-refractivity contribution in [1.29, 1.82) is 0 Å². The predicted molar refractivity (Wildman–Crippen MR) is 134 cm³/mol. The Labute approximate surface area is 199 Å². The first-order valence-corrected chi connectivity index (χ1v) is 11.6. The van der Waals surface area contributed by atoms with E-state index in [1.165, 1.54) is 0 Å². The van der Waals surface area contributed by atoms with Crippen LogP contribution in [0.4, 0.5) is 0 Å². The van der Waals surface area contributed by atoms with Gasteiger partial charge < -0.3 is 19.1 Å². The molecule has 2 amide bonds. The smallest absolute Gasteiger partial charge is 0.254 e. The number of hydrogen-bond acceptors (Lipinski definition) is 3. The van der Waals surface area contributed by atoms with E-state index in [9.17, 15) is 9.59 Å². The Morgan fingerprint density at radius 2 is 1.82 bits per heavy atom. The summed E-state index contributed by atoms with van der Waals surface area (Å²) < 4.78 is 7.89. The number of rotatable bonds is 4. The maximum absolute atomic E-state index is 13.7. The fourth-order valence-electron chi connectivity index (χ4n) is 4.94. The number of fused-ring (bicyclic) bond motifs is 2. The average molecular weight is 456 g/mol. The molecule has 174 valence electrons. The van der Waals surface area contributed by atoms with Crippen LogP contribution in [0.3, 0.4) is 0 Å². The van der Waals surface area contributed by atoms with Gasteiger partial charge in [-0.3, -0.25) is 9.59 Å². The summed E-state index contributed by atoms with van der Waals surface area (Å²) in [7, 11) is 5.53. The summed E-state index contributed by atoms with van der Waals surface area (Å²) in [6, 6.07) is 19.6. The van der Waals surface area contributed by atoms with Gasteiger partial charge in [0.15, 0.2) is 0 Å². The van der Waals surface area contributed by atoms with Crippen molar-refractivity contribution in [2.45, 2.75) is 12.5 Å². The van der Waals surface area contributed by atoms with Crippen LogP contribution in [0, 0.1) is 0 Å². The maximum Gasteiger partial charge on any atom is 0.254 e. The normalized spacial score (nSPS) is 16.2. The number of morpholine rings is 1. The van der Waals surface area contributed by atoms with E-state index in [4.69, 9.17) is 4.74 Å². The Morgan fingerprint density at radius 3 is 2.65 bits per heavy atom. The number of nitrogens with zero attached hydrogens (tertiary/aromatic N) is 3. The monoisotopic (exact) mass is 455 g/mol. The fourth-order valence-corrected chi connectivity index (χ4v) is 4.94. The van der Waals surface area contributed by atoms with Crippen LogP contribution in [-0.2, 0) is 18.2 Å². The molecule has 1 unspecified atom stereocenters. The van der Waals surface area contributed by atoms with Crippen molar-refractivity contribution >= 4 is 33.5 Å². The van der Waals surface area contributed by atoms with Crippen LogP contribution in [-0.4, -0.2) is 66.1 Å². The molecule has 1 aromatic heterocycles. The molecule has 2 heterocycles. The summed E-state index contributed by atoms with van der Waals surface area (Å²) in [5, 5.41) is 3.07. The van der Waals surface area contributed by atoms with Crippen LogP contribution < -0.4 is 0 Å². The zero-order chi connectivity index (χ0) is 23.8. The van der Waals surface area contributed by atoms with E-state index in [-0.39, 0.29) is 17.9 Å². The lowest BCUT2D eigenvalue weighted by atomic mass is 9.99. The van der Waals surface area contributed by atoms with Crippen molar-refractivity contribution in [3.63, 3.8) is 0 Å². The third-order valence-corrected chi connectivity index (χ3v) is 6.69. The van der Waals surface area contributed by atoms with Crippen LogP contribution >= 0.6 is 0 Å². The Balaban J connectivity index is 1.49. The van der Waals surface area contributed by atoms with Crippen LogP contribution in [0.25, 0.3) is 21.7 Å². The highest BCUT2D eigenvalue weighted by Crippen LogP contribution is 2.27. The first-order valence-electron chi connectivity index (χ1n) is 11.6. The summed E-state index contributed by atoms with van der Waals surface area (Å²) in [6.07, 6.45) is 2.76. The third-order valence-electron chi connectivity index (χ3n) is 6.69. The average Bonchev–Trinajstić information content (AvgIpc) is 3.17. The lowest BCUT2D eigenvalue weighted by Gasteiger charge is -2.36. The second-order valence-corrected chi connectivity index (χ2v) is 9.15. The quantitative estimate of drug-likeness (QED) is 0.465. The SMILES string of the molecule is CN(C)C(=O)c1ccc2c(c1)c(CC1COCCN1C(=O)c1cccc3ccccc13)cn2C. The van der Waals surface area contributed by atoms with Crippen LogP contribution in [0.15, 0.2) is 66.9 Å². The molecule has 3 aromatic carbocycles. The van der Waals surface area contributed by atoms with E-state index >= 15 is 0 Å². The van der Waals surface area contributed by atoms with Crippen molar-refractivity contribution in [2.24, 2.45) is 7.05 Å². The minimum absolute atomic E-state index is 0.0227. The second-order valence-electron chi connectivity index (χ2n) is 9.15. The molecule has 1 atom stereocenters. The van der Waals surface area contributed by atoms with E-state index in [0.29, 0.717) is 31.7 Å². The fraction of sp³-hybridized carbons (Fsp3) is 0.286. The molecule has 5 rings (SSSR count). The summed E-state index contributed by atoms with van der Waals surface area (Å²) in [6.45, 7) is 1.58. The molecule has 0 bridgehead atoms. The van der Waals surface area contributed by atoms with Gasteiger partial charge in [0.2, 0.25) is 0 Å². The molecule has 1 aliphatic heterocycles. The molecule has 0 radical (unpaired) electrons. The molecule has 0 saturated carbocycles. The molecule has 1 aliphatic rings. The standard InChI is InChI=1S/C28H29N3O3/c1-29(2)27(32)20-11-12-26-25(16-20)21(17-30(26)3)15-22-18-34-14-13-31(22)28(33)24-10-6-8-19-7-4-5-9-23(19)24/h4-12,16-17,22H,13-15,18H2,1-3H3. The molecule has 1 fully saturated rings. The van der Waals surface area contributed by atoms with Crippen molar-refractivity contribution in [3.05, 3.63) is 83.6 Å². The van der Waals surface area contributed by atoms with Gasteiger partial charge in [-0.05, 0) is 47.0 Å². The summed E-state index contributed by atoms with van der Waals surface area (Å²) in [4.78, 5) is 29.8. The van der Waals surface area contributed by atoms with Gasteiger partial charge in [0.1, 0.15) is 0 Å². The van der Waals surface area contributed by atoms with Gasteiger partial charge >= 0.3 is 0 Å². The van der Waals surface area contributed by atoms with Gasteiger partial charge in [-0.2, -0.15) is 0 Å². The van der Waals surface area contributed by atoms with Crippen LogP contribution in [0.2, 0.25) is 0 Å². The van der Waals surface area contributed by atoms with Gasteiger partial charge in [0, 0.05) is 55.9 Å². The zero-order valence-corrected chi connectivity index (χ0v) is 19.8. The number of carbonyl (C=O) groups is 2. The van der Waals surface area contributed by atoms with Gasteiger partial charge in [-0.15, -0.1) is 0 Å². The topological polar surface area (TPSA) is 54.8 Å². The highest BCUT2D eigenvalue weighted by molar-refractivity contribution is 6.07. The Hall–Kier alpha value is -3.64. The number of carbonyl (C=O) groups excluding carboxylic acids is 2. The Morgan fingerprint density at radius 1 is 1.03 bits per heavy atom. The molecule has 0 N–H and O–H groups in total. The number of aromatic nitrogens is 1. The van der Waals surface area contributed by atoms with E-state index in [2.05, 4.69) is 10.8 Å². The lowest BCUT2D eigenvalue weighted by Crippen LogP contribution is -2.49. The summed E-state index contributed by atoms with van der Waals surface area (Å²) >= 11 is 0. The van der Waals surface area contributed by atoms with Crippen molar-refractivity contribution in [2.75, 3.05) is 33.9 Å². The van der Waals surface area contributed by atoms with Gasteiger partial charge in [0.25, 0.3) is 11.8 Å². The third kappa shape index (κ3) is 3.94. The maximum atomic E-state index is 13.7. The molecule has 6 heteroatoms. The minimum Gasteiger partial charge on any atom is -0.377 e. The predicted octanol–water partition coefficient (Wildman–Crippen LogP) is 4.12. The number of aryl methyl sites for hydroxylation is 1. The largest absolute Gasteiger partial charge is 0.377 e. The van der Waals surface area contributed by atoms with Crippen molar-refractivity contribution in [1.82, 2.24) is 14.4 Å². The zero-order valence-electron chi connectivity index (χ0n) is 19.8. The summed E-state index contributed by atoms with van der Waals surface area (Å²) in [5.74, 6) is 0.0132. The molecule has 0 aliphatic carbocycles. The highest BCUT2D eigenvalue weighted by atomic mass is 16.5. The van der Waals surface area contributed by atoms with E-state index in [0.717, 1.165) is 32.8 Å². The number of hydrogen-bond donors (Lipinski definition) is 0. The lowest BCUT2D eigenvalue weighted by molar-refractivity contribution is -0.00145. The molecular formula is C28H29N3O3. The summed E-state index contributed by atoms with van der Waals surface area (Å²) in [5.41, 5.74) is 3.56. The molecule has 4 aromatic rings. The van der Waals surface area contributed by atoms with E-state index in [1.54, 1.807) is 19.0 Å². The van der Waals surface area contributed by atoms with Gasteiger partial charge in [-0.25, -0.2) is 0 Å². The van der Waals surface area contributed by atoms with E-state index < -0.39 is 0 Å². The van der Waals surface area contributed by atoms with Gasteiger partial charge in [-0.1, -0.05) is 36.4 Å². The Kier molecular flexibility index (Phi) is 5.84. The number of benzene rings is 3. The molecule has 34 heavy (non-hydrogen) atoms. The first kappa shape index (κ1) is 22.2. The molecular weight excluding hydrogens is 426 g/mol.